The monoisotopic (exact) mass is 354 g/mol. The second-order valence-corrected chi connectivity index (χ2v) is 6.06. The van der Waals surface area contributed by atoms with Crippen LogP contribution in [0.4, 0.5) is 0 Å². The number of ether oxygens (including phenoxy) is 2. The minimum atomic E-state index is 0.0175. The van der Waals surface area contributed by atoms with E-state index in [2.05, 4.69) is 10.6 Å². The van der Waals surface area contributed by atoms with E-state index in [1.54, 1.807) is 14.2 Å². The molecule has 4 rings (SSSR count). The van der Waals surface area contributed by atoms with Crippen LogP contribution in [0.3, 0.4) is 0 Å². The van der Waals surface area contributed by atoms with E-state index in [4.69, 9.17) is 9.47 Å². The molecule has 26 heavy (non-hydrogen) atoms. The van der Waals surface area contributed by atoms with Crippen molar-refractivity contribution in [1.82, 2.24) is 10.6 Å². The Morgan fingerprint density at radius 3 is 1.54 bits per heavy atom. The van der Waals surface area contributed by atoms with Gasteiger partial charge in [-0.25, -0.2) is 0 Å². The van der Waals surface area contributed by atoms with Crippen molar-refractivity contribution >= 4 is 11.8 Å². The lowest BCUT2D eigenvalue weighted by atomic mass is 10.0. The molecule has 0 spiro atoms. The van der Waals surface area contributed by atoms with Gasteiger partial charge in [0.25, 0.3) is 11.8 Å². The molecular weight excluding hydrogens is 332 g/mol. The number of nitrogens with one attached hydrogen (secondary N) is 2. The van der Waals surface area contributed by atoms with Gasteiger partial charge in [-0.15, -0.1) is 0 Å². The van der Waals surface area contributed by atoms with Gasteiger partial charge in [-0.3, -0.25) is 9.59 Å². The SMILES string of the molecule is COc1ccc2c(c1)CCNC2=O.COc1ccc2c(c1)CCNC2=O. The van der Waals surface area contributed by atoms with Crippen molar-refractivity contribution < 1.29 is 19.1 Å². The summed E-state index contributed by atoms with van der Waals surface area (Å²) in [7, 11) is 3.26. The summed E-state index contributed by atoms with van der Waals surface area (Å²) in [6.07, 6.45) is 1.77. The first-order valence-electron chi connectivity index (χ1n) is 8.52. The maximum absolute atomic E-state index is 11.3. The lowest BCUT2D eigenvalue weighted by Crippen LogP contribution is -2.31. The Labute approximate surface area is 152 Å². The van der Waals surface area contributed by atoms with Crippen LogP contribution in [0, 0.1) is 0 Å². The minimum Gasteiger partial charge on any atom is -0.497 e. The molecule has 0 bridgehead atoms. The van der Waals surface area contributed by atoms with Crippen LogP contribution >= 0.6 is 0 Å². The topological polar surface area (TPSA) is 76.7 Å². The van der Waals surface area contributed by atoms with Crippen LogP contribution in [-0.4, -0.2) is 39.1 Å². The minimum absolute atomic E-state index is 0.0175. The first-order valence-corrected chi connectivity index (χ1v) is 8.52. The van der Waals surface area contributed by atoms with E-state index in [1.807, 2.05) is 36.4 Å². The Morgan fingerprint density at radius 2 is 1.15 bits per heavy atom. The fourth-order valence-electron chi connectivity index (χ4n) is 3.06. The molecule has 2 N–H and O–H groups in total. The Balaban J connectivity index is 0.000000151. The third kappa shape index (κ3) is 3.79. The molecule has 0 aliphatic carbocycles. The molecule has 0 saturated heterocycles. The fraction of sp³-hybridized carbons (Fsp3) is 0.300. The second-order valence-electron chi connectivity index (χ2n) is 6.06. The average molecular weight is 354 g/mol. The van der Waals surface area contributed by atoms with E-state index in [9.17, 15) is 9.59 Å². The smallest absolute Gasteiger partial charge is 0.251 e. The molecule has 2 aromatic carbocycles. The van der Waals surface area contributed by atoms with Crippen molar-refractivity contribution in [3.8, 4) is 11.5 Å². The number of fused-ring (bicyclic) bond motifs is 2. The van der Waals surface area contributed by atoms with Crippen LogP contribution in [0.1, 0.15) is 31.8 Å². The van der Waals surface area contributed by atoms with Crippen molar-refractivity contribution in [3.63, 3.8) is 0 Å². The third-order valence-corrected chi connectivity index (χ3v) is 4.47. The summed E-state index contributed by atoms with van der Waals surface area (Å²) >= 11 is 0. The van der Waals surface area contributed by atoms with E-state index < -0.39 is 0 Å². The number of benzene rings is 2. The quantitative estimate of drug-likeness (QED) is 0.864. The fourth-order valence-corrected chi connectivity index (χ4v) is 3.06. The lowest BCUT2D eigenvalue weighted by Gasteiger charge is -2.16. The summed E-state index contributed by atoms with van der Waals surface area (Å²) in [4.78, 5) is 22.7. The van der Waals surface area contributed by atoms with Crippen molar-refractivity contribution in [3.05, 3.63) is 58.7 Å². The molecule has 0 fully saturated rings. The zero-order valence-electron chi connectivity index (χ0n) is 14.9. The summed E-state index contributed by atoms with van der Waals surface area (Å²) in [6, 6.07) is 11.1. The molecule has 136 valence electrons. The zero-order valence-corrected chi connectivity index (χ0v) is 14.9. The highest BCUT2D eigenvalue weighted by Gasteiger charge is 2.17. The maximum Gasteiger partial charge on any atom is 0.251 e. The van der Waals surface area contributed by atoms with Gasteiger partial charge in [-0.05, 0) is 60.4 Å². The van der Waals surface area contributed by atoms with Gasteiger partial charge in [0, 0.05) is 24.2 Å². The summed E-state index contributed by atoms with van der Waals surface area (Å²) < 4.78 is 10.2. The second kappa shape index (κ2) is 7.91. The van der Waals surface area contributed by atoms with Crippen molar-refractivity contribution in [2.24, 2.45) is 0 Å². The number of hydrogen-bond acceptors (Lipinski definition) is 4. The molecule has 2 aliphatic heterocycles. The molecule has 2 heterocycles. The summed E-state index contributed by atoms with van der Waals surface area (Å²) in [6.45, 7) is 1.44. The highest BCUT2D eigenvalue weighted by Crippen LogP contribution is 2.21. The highest BCUT2D eigenvalue weighted by molar-refractivity contribution is 5.97. The number of carbonyl (C=O) groups excluding carboxylic acids is 2. The number of hydrogen-bond donors (Lipinski definition) is 2. The molecule has 0 unspecified atom stereocenters. The van der Waals surface area contributed by atoms with Gasteiger partial charge in [0.15, 0.2) is 0 Å². The number of methoxy groups -OCH3 is 2. The summed E-state index contributed by atoms with van der Waals surface area (Å²) in [5.74, 6) is 1.66. The maximum atomic E-state index is 11.3. The Hall–Kier alpha value is -3.02. The van der Waals surface area contributed by atoms with Gasteiger partial charge >= 0.3 is 0 Å². The van der Waals surface area contributed by atoms with E-state index in [1.165, 1.54) is 0 Å². The van der Waals surface area contributed by atoms with E-state index in [-0.39, 0.29) is 11.8 Å². The van der Waals surface area contributed by atoms with Gasteiger partial charge in [0.1, 0.15) is 11.5 Å². The van der Waals surface area contributed by atoms with Crippen LogP contribution in [0.5, 0.6) is 11.5 Å². The number of amides is 2. The van der Waals surface area contributed by atoms with E-state index in [0.717, 1.165) is 59.7 Å². The predicted molar refractivity (Wildman–Crippen MR) is 98.1 cm³/mol. The van der Waals surface area contributed by atoms with E-state index in [0.29, 0.717) is 0 Å². The molecule has 0 radical (unpaired) electrons. The van der Waals surface area contributed by atoms with Crippen molar-refractivity contribution in [1.29, 1.82) is 0 Å². The summed E-state index contributed by atoms with van der Waals surface area (Å²) in [5, 5.41) is 5.59. The van der Waals surface area contributed by atoms with Crippen molar-refractivity contribution in [2.45, 2.75) is 12.8 Å². The highest BCUT2D eigenvalue weighted by atomic mass is 16.5. The molecule has 6 nitrogen and oxygen atoms in total. The molecule has 6 heteroatoms. The first kappa shape index (κ1) is 17.8. The number of rotatable bonds is 2. The lowest BCUT2D eigenvalue weighted by molar-refractivity contribution is 0.0937. The molecule has 0 atom stereocenters. The number of carbonyl (C=O) groups is 2. The zero-order chi connectivity index (χ0) is 18.5. The van der Waals surface area contributed by atoms with Crippen LogP contribution in [0.15, 0.2) is 36.4 Å². The Morgan fingerprint density at radius 1 is 0.731 bits per heavy atom. The molecular formula is C20H22N2O4. The Bertz CT molecular complexity index is 763. The Kier molecular flexibility index (Phi) is 5.41. The first-order chi connectivity index (χ1) is 12.6. The van der Waals surface area contributed by atoms with Crippen molar-refractivity contribution in [2.75, 3.05) is 27.3 Å². The largest absolute Gasteiger partial charge is 0.497 e. The molecule has 2 aliphatic rings. The van der Waals surface area contributed by atoms with Crippen LogP contribution in [0.25, 0.3) is 0 Å². The van der Waals surface area contributed by atoms with E-state index >= 15 is 0 Å². The molecule has 2 aromatic rings. The van der Waals surface area contributed by atoms with Gasteiger partial charge in [0.2, 0.25) is 0 Å². The van der Waals surface area contributed by atoms with Crippen LogP contribution in [0.2, 0.25) is 0 Å². The van der Waals surface area contributed by atoms with Gasteiger partial charge in [-0.2, -0.15) is 0 Å². The average Bonchev–Trinajstić information content (AvgIpc) is 2.68. The van der Waals surface area contributed by atoms with Gasteiger partial charge in [-0.1, -0.05) is 0 Å². The molecule has 0 aromatic heterocycles. The van der Waals surface area contributed by atoms with Gasteiger partial charge < -0.3 is 20.1 Å². The predicted octanol–water partition coefficient (Wildman–Crippen LogP) is 1.96. The normalized spacial score (nSPS) is 14.7. The van der Waals surface area contributed by atoms with Crippen LogP contribution < -0.4 is 20.1 Å². The molecule has 2 amide bonds. The van der Waals surface area contributed by atoms with Crippen LogP contribution in [-0.2, 0) is 12.8 Å². The summed E-state index contributed by atoms with van der Waals surface area (Å²) in [5.41, 5.74) is 3.69. The van der Waals surface area contributed by atoms with Gasteiger partial charge in [0.05, 0.1) is 14.2 Å². The molecule has 0 saturated carbocycles. The third-order valence-electron chi connectivity index (χ3n) is 4.47. The standard InChI is InChI=1S/2C10H11NO2/c2*1-13-8-2-3-9-7(6-8)4-5-11-10(9)12/h2*2-3,6H,4-5H2,1H3,(H,11,12).